The number of nitrogens with zero attached hydrogens (tertiary/aromatic N) is 1. The van der Waals surface area contributed by atoms with Crippen molar-refractivity contribution < 1.29 is 4.79 Å². The predicted molar refractivity (Wildman–Crippen MR) is 106 cm³/mol. The molecule has 1 saturated heterocycles. The summed E-state index contributed by atoms with van der Waals surface area (Å²) in [5.41, 5.74) is 2.12. The van der Waals surface area contributed by atoms with Crippen molar-refractivity contribution in [2.75, 3.05) is 32.5 Å². The van der Waals surface area contributed by atoms with Crippen molar-refractivity contribution in [1.29, 1.82) is 0 Å². The molecule has 1 fully saturated rings. The Labute approximate surface area is 158 Å². The minimum Gasteiger partial charge on any atom is -0.326 e. The van der Waals surface area contributed by atoms with Crippen molar-refractivity contribution in [3.63, 3.8) is 0 Å². The van der Waals surface area contributed by atoms with Gasteiger partial charge in [0.25, 0.3) is 0 Å². The van der Waals surface area contributed by atoms with Gasteiger partial charge in [0.2, 0.25) is 5.91 Å². The summed E-state index contributed by atoms with van der Waals surface area (Å²) in [5, 5.41) is 6.48. The van der Waals surface area contributed by atoms with E-state index in [4.69, 9.17) is 0 Å². The number of nitrogens with one attached hydrogen (secondary N) is 2. The van der Waals surface area contributed by atoms with Crippen LogP contribution in [0.2, 0.25) is 0 Å². The third-order valence-electron chi connectivity index (χ3n) is 4.36. The number of anilines is 1. The lowest BCUT2D eigenvalue weighted by molar-refractivity contribution is -0.117. The van der Waals surface area contributed by atoms with Gasteiger partial charge in [0.15, 0.2) is 0 Å². The molecule has 0 saturated carbocycles. The Hall–Kier alpha value is -0.810. The maximum Gasteiger partial charge on any atom is 0.224 e. The van der Waals surface area contributed by atoms with Gasteiger partial charge in [0, 0.05) is 18.7 Å². The van der Waals surface area contributed by atoms with Crippen molar-refractivity contribution in [1.82, 2.24) is 10.2 Å². The van der Waals surface area contributed by atoms with Gasteiger partial charge >= 0.3 is 0 Å². The highest BCUT2D eigenvalue weighted by molar-refractivity contribution is 5.90. The third kappa shape index (κ3) is 7.84. The number of benzene rings is 1. The molecule has 0 aliphatic carbocycles. The molecule has 1 aliphatic rings. The largest absolute Gasteiger partial charge is 0.326 e. The molecule has 4 nitrogen and oxygen atoms in total. The lowest BCUT2D eigenvalue weighted by atomic mass is 9.85. The van der Waals surface area contributed by atoms with Crippen LogP contribution in [0.4, 0.5) is 5.69 Å². The maximum atomic E-state index is 12.3. The summed E-state index contributed by atoms with van der Waals surface area (Å²) in [6.07, 6.45) is 3.06. The highest BCUT2D eigenvalue weighted by Gasteiger charge is 2.22. The van der Waals surface area contributed by atoms with Crippen LogP contribution >= 0.6 is 24.8 Å². The Morgan fingerprint density at radius 1 is 1.38 bits per heavy atom. The van der Waals surface area contributed by atoms with Gasteiger partial charge in [-0.15, -0.1) is 24.8 Å². The van der Waals surface area contributed by atoms with Crippen LogP contribution in [0, 0.1) is 11.8 Å². The van der Waals surface area contributed by atoms with Crippen molar-refractivity contribution in [3.8, 4) is 0 Å². The van der Waals surface area contributed by atoms with E-state index >= 15 is 0 Å². The molecule has 0 aromatic heterocycles. The van der Waals surface area contributed by atoms with E-state index in [1.165, 1.54) is 18.4 Å². The van der Waals surface area contributed by atoms with Crippen LogP contribution in [-0.2, 0) is 11.3 Å². The summed E-state index contributed by atoms with van der Waals surface area (Å²) in [6, 6.07) is 8.11. The Morgan fingerprint density at radius 3 is 2.75 bits per heavy atom. The molecule has 1 aromatic rings. The molecule has 2 unspecified atom stereocenters. The number of piperidine rings is 1. The molecule has 0 radical (unpaired) electrons. The monoisotopic (exact) mass is 375 g/mol. The quantitative estimate of drug-likeness (QED) is 0.798. The fourth-order valence-corrected chi connectivity index (χ4v) is 3.15. The first kappa shape index (κ1) is 23.2. The molecule has 138 valence electrons. The zero-order valence-electron chi connectivity index (χ0n) is 14.9. The van der Waals surface area contributed by atoms with Crippen LogP contribution in [0.3, 0.4) is 0 Å². The van der Waals surface area contributed by atoms with Crippen LogP contribution in [0.1, 0.15) is 31.7 Å². The molecule has 1 aromatic carbocycles. The second-order valence-electron chi connectivity index (χ2n) is 6.77. The zero-order valence-corrected chi connectivity index (χ0v) is 16.5. The molecule has 2 N–H and O–H groups in total. The van der Waals surface area contributed by atoms with E-state index in [0.29, 0.717) is 18.3 Å². The van der Waals surface area contributed by atoms with Crippen LogP contribution < -0.4 is 10.6 Å². The Morgan fingerprint density at radius 2 is 2.12 bits per heavy atom. The van der Waals surface area contributed by atoms with Crippen LogP contribution in [-0.4, -0.2) is 38.0 Å². The first-order valence-electron chi connectivity index (χ1n) is 8.29. The van der Waals surface area contributed by atoms with Gasteiger partial charge in [-0.05, 0) is 69.6 Å². The second-order valence-corrected chi connectivity index (χ2v) is 6.77. The number of carbonyl (C=O) groups excluding carboxylic acids is 1. The number of carbonyl (C=O) groups is 1. The Balaban J connectivity index is 0.00000264. The number of rotatable bonds is 6. The van der Waals surface area contributed by atoms with Crippen molar-refractivity contribution >= 4 is 36.4 Å². The Kier molecular flexibility index (Phi) is 11.3. The lowest BCUT2D eigenvalue weighted by Gasteiger charge is -2.28. The van der Waals surface area contributed by atoms with E-state index in [0.717, 1.165) is 25.3 Å². The summed E-state index contributed by atoms with van der Waals surface area (Å²) in [6.45, 7) is 5.24. The highest BCUT2D eigenvalue weighted by atomic mass is 35.5. The van der Waals surface area contributed by atoms with E-state index in [2.05, 4.69) is 34.6 Å². The first-order chi connectivity index (χ1) is 10.5. The van der Waals surface area contributed by atoms with E-state index in [1.807, 2.05) is 26.2 Å². The van der Waals surface area contributed by atoms with Crippen molar-refractivity contribution in [2.24, 2.45) is 11.8 Å². The fourth-order valence-electron chi connectivity index (χ4n) is 3.15. The first-order valence-corrected chi connectivity index (χ1v) is 8.29. The standard InChI is InChI=1S/C18H29N3O.2ClH/c1-14(16-7-5-9-19-12-16)10-18(22)20-17-8-4-6-15(11-17)13-21(2)3;;/h4,6,8,11,14,16,19H,5,7,9-10,12-13H2,1-3H3,(H,20,22);2*1H. The van der Waals surface area contributed by atoms with Gasteiger partial charge in [-0.2, -0.15) is 0 Å². The van der Waals surface area contributed by atoms with Gasteiger partial charge in [0.05, 0.1) is 0 Å². The van der Waals surface area contributed by atoms with Crippen LogP contribution in [0.25, 0.3) is 0 Å². The molecule has 0 spiro atoms. The number of halogens is 2. The molecule has 6 heteroatoms. The minimum atomic E-state index is 0. The van der Waals surface area contributed by atoms with Crippen LogP contribution in [0.5, 0.6) is 0 Å². The van der Waals surface area contributed by atoms with Gasteiger partial charge in [-0.3, -0.25) is 4.79 Å². The molecular formula is C18H31Cl2N3O. The van der Waals surface area contributed by atoms with Crippen molar-refractivity contribution in [3.05, 3.63) is 29.8 Å². The molecular weight excluding hydrogens is 345 g/mol. The molecule has 1 aliphatic heterocycles. The third-order valence-corrected chi connectivity index (χ3v) is 4.36. The molecule has 24 heavy (non-hydrogen) atoms. The summed E-state index contributed by atoms with van der Waals surface area (Å²) in [4.78, 5) is 14.4. The summed E-state index contributed by atoms with van der Waals surface area (Å²) in [7, 11) is 4.09. The summed E-state index contributed by atoms with van der Waals surface area (Å²) < 4.78 is 0. The molecule has 1 heterocycles. The van der Waals surface area contributed by atoms with Gasteiger partial charge < -0.3 is 15.5 Å². The number of amides is 1. The van der Waals surface area contributed by atoms with Gasteiger partial charge in [0.1, 0.15) is 0 Å². The van der Waals surface area contributed by atoms with E-state index in [9.17, 15) is 4.79 Å². The van der Waals surface area contributed by atoms with E-state index in [1.54, 1.807) is 0 Å². The van der Waals surface area contributed by atoms with Gasteiger partial charge in [-0.1, -0.05) is 19.1 Å². The van der Waals surface area contributed by atoms with Gasteiger partial charge in [-0.25, -0.2) is 0 Å². The minimum absolute atomic E-state index is 0. The topological polar surface area (TPSA) is 44.4 Å². The molecule has 0 bridgehead atoms. The Bertz CT molecular complexity index is 491. The maximum absolute atomic E-state index is 12.3. The normalized spacial score (nSPS) is 18.2. The molecule has 1 amide bonds. The van der Waals surface area contributed by atoms with Crippen LogP contribution in [0.15, 0.2) is 24.3 Å². The number of hydrogen-bond donors (Lipinski definition) is 2. The summed E-state index contributed by atoms with van der Waals surface area (Å²) in [5.74, 6) is 1.18. The highest BCUT2D eigenvalue weighted by Crippen LogP contribution is 2.23. The SMILES string of the molecule is CC(CC(=O)Nc1cccc(CN(C)C)c1)C1CCCNC1.Cl.Cl. The number of hydrogen-bond acceptors (Lipinski definition) is 3. The van der Waals surface area contributed by atoms with Crippen molar-refractivity contribution in [2.45, 2.75) is 32.7 Å². The second kappa shape index (κ2) is 11.7. The molecule has 2 atom stereocenters. The van der Waals surface area contributed by atoms with E-state index in [-0.39, 0.29) is 30.7 Å². The summed E-state index contributed by atoms with van der Waals surface area (Å²) >= 11 is 0. The smallest absolute Gasteiger partial charge is 0.224 e. The molecule has 2 rings (SSSR count). The van der Waals surface area contributed by atoms with E-state index < -0.39 is 0 Å². The zero-order chi connectivity index (χ0) is 15.9. The average molecular weight is 376 g/mol. The predicted octanol–water partition coefficient (Wildman–Crippen LogP) is 3.56. The lowest BCUT2D eigenvalue weighted by Crippen LogP contribution is -2.34. The fraction of sp³-hybridized carbons (Fsp3) is 0.611. The average Bonchev–Trinajstić information content (AvgIpc) is 2.47.